The summed E-state index contributed by atoms with van der Waals surface area (Å²) >= 11 is 0. The van der Waals surface area contributed by atoms with Crippen LogP contribution in [0.3, 0.4) is 0 Å². The first kappa shape index (κ1) is 9.69. The van der Waals surface area contributed by atoms with Crippen molar-refractivity contribution in [1.29, 1.82) is 5.26 Å². The van der Waals surface area contributed by atoms with Crippen molar-refractivity contribution in [3.05, 3.63) is 35.6 Å². The molecule has 1 rings (SSSR count). The third-order valence-corrected chi connectivity index (χ3v) is 1.74. The second kappa shape index (κ2) is 4.58. The predicted molar refractivity (Wildman–Crippen MR) is 48.4 cm³/mol. The summed E-state index contributed by atoms with van der Waals surface area (Å²) in [6.07, 6.45) is 0. The normalized spacial score (nSPS) is 12.1. The second-order valence-electron chi connectivity index (χ2n) is 2.67. The Balaban J connectivity index is 2.81. The van der Waals surface area contributed by atoms with Gasteiger partial charge in [0.15, 0.2) is 0 Å². The molecule has 0 aliphatic heterocycles. The van der Waals surface area contributed by atoms with Crippen LogP contribution in [0.15, 0.2) is 24.3 Å². The molecule has 1 aromatic rings. The molecule has 0 saturated carbocycles. The van der Waals surface area contributed by atoms with Gasteiger partial charge in [-0.25, -0.2) is 4.39 Å². The van der Waals surface area contributed by atoms with Gasteiger partial charge in [0.05, 0.1) is 6.07 Å². The van der Waals surface area contributed by atoms with Crippen LogP contribution in [0.1, 0.15) is 18.5 Å². The van der Waals surface area contributed by atoms with Crippen LogP contribution >= 0.6 is 0 Å². The molecule has 0 fully saturated rings. The number of nitrogens with one attached hydrogen (secondary N) is 1. The highest BCUT2D eigenvalue weighted by molar-refractivity contribution is 5.24. The van der Waals surface area contributed by atoms with Crippen molar-refractivity contribution >= 4 is 0 Å². The lowest BCUT2D eigenvalue weighted by atomic mass is 10.1. The molecule has 68 valence electrons. The highest BCUT2D eigenvalue weighted by atomic mass is 19.1. The number of hydrogen-bond donors (Lipinski definition) is 1. The summed E-state index contributed by atoms with van der Waals surface area (Å²) in [6, 6.07) is 7.71. The monoisotopic (exact) mass is 178 g/mol. The van der Waals surface area contributed by atoms with Gasteiger partial charge in [-0.05, 0) is 24.2 Å². The molecule has 0 heterocycles. The van der Waals surface area contributed by atoms with Crippen molar-refractivity contribution in [2.24, 2.45) is 0 Å². The third kappa shape index (κ3) is 2.53. The Labute approximate surface area is 77.0 Å². The van der Waals surface area contributed by atoms with Gasteiger partial charge >= 0.3 is 0 Å². The minimum absolute atomic E-state index is 0.281. The topological polar surface area (TPSA) is 35.8 Å². The van der Waals surface area contributed by atoms with Crippen LogP contribution in [0, 0.1) is 17.1 Å². The fourth-order valence-corrected chi connectivity index (χ4v) is 1.10. The summed E-state index contributed by atoms with van der Waals surface area (Å²) in [6.45, 7) is 2.64. The second-order valence-corrected chi connectivity index (χ2v) is 2.67. The van der Waals surface area contributed by atoms with E-state index in [0.717, 1.165) is 12.1 Å². The van der Waals surface area contributed by atoms with Crippen LogP contribution in [0.4, 0.5) is 4.39 Å². The zero-order valence-electron chi connectivity index (χ0n) is 7.42. The molecule has 0 radical (unpaired) electrons. The molecule has 1 aromatic carbocycles. The minimum atomic E-state index is -0.342. The van der Waals surface area contributed by atoms with E-state index >= 15 is 0 Å². The van der Waals surface area contributed by atoms with Gasteiger partial charge in [-0.2, -0.15) is 5.26 Å². The summed E-state index contributed by atoms with van der Waals surface area (Å²) in [5, 5.41) is 11.8. The molecule has 2 nitrogen and oxygen atoms in total. The Morgan fingerprint density at radius 3 is 2.54 bits per heavy atom. The van der Waals surface area contributed by atoms with Gasteiger partial charge in [-0.15, -0.1) is 0 Å². The summed E-state index contributed by atoms with van der Waals surface area (Å²) in [5.74, 6) is -0.281. The molecule has 13 heavy (non-hydrogen) atoms. The molecular weight excluding hydrogens is 167 g/mol. The Morgan fingerprint density at radius 2 is 2.08 bits per heavy atom. The molecule has 0 spiro atoms. The molecule has 1 atom stereocenters. The van der Waals surface area contributed by atoms with Crippen LogP contribution in [-0.2, 0) is 0 Å². The quantitative estimate of drug-likeness (QED) is 0.768. The predicted octanol–water partition coefficient (Wildman–Crippen LogP) is 2.00. The van der Waals surface area contributed by atoms with Crippen LogP contribution in [0.5, 0.6) is 0 Å². The van der Waals surface area contributed by atoms with Crippen LogP contribution in [-0.4, -0.2) is 6.54 Å². The maximum atomic E-state index is 12.5. The van der Waals surface area contributed by atoms with Gasteiger partial charge in [0, 0.05) is 0 Å². The van der Waals surface area contributed by atoms with Crippen LogP contribution in [0.25, 0.3) is 0 Å². The molecular formula is C10H11FN2. The van der Waals surface area contributed by atoms with E-state index in [1.165, 1.54) is 12.1 Å². The Bertz CT molecular complexity index is 300. The van der Waals surface area contributed by atoms with Crippen molar-refractivity contribution in [2.45, 2.75) is 13.0 Å². The molecule has 0 bridgehead atoms. The molecule has 0 amide bonds. The van der Waals surface area contributed by atoms with Crippen molar-refractivity contribution in [3.8, 4) is 6.07 Å². The Kier molecular flexibility index (Phi) is 3.41. The molecule has 0 unspecified atom stereocenters. The van der Waals surface area contributed by atoms with E-state index in [1.54, 1.807) is 12.1 Å². The maximum absolute atomic E-state index is 12.5. The van der Waals surface area contributed by atoms with E-state index in [0.29, 0.717) is 0 Å². The van der Waals surface area contributed by atoms with E-state index in [2.05, 4.69) is 11.4 Å². The van der Waals surface area contributed by atoms with Crippen molar-refractivity contribution in [2.75, 3.05) is 6.54 Å². The van der Waals surface area contributed by atoms with Gasteiger partial charge in [0.25, 0.3) is 0 Å². The van der Waals surface area contributed by atoms with Gasteiger partial charge < -0.3 is 0 Å². The summed E-state index contributed by atoms with van der Waals surface area (Å²) < 4.78 is 12.5. The molecule has 1 N–H and O–H groups in total. The zero-order chi connectivity index (χ0) is 9.68. The Hall–Kier alpha value is -1.40. The van der Waals surface area contributed by atoms with Crippen LogP contribution < -0.4 is 5.32 Å². The largest absolute Gasteiger partial charge is 0.298 e. The number of halogens is 1. The molecule has 0 saturated heterocycles. The highest BCUT2D eigenvalue weighted by Gasteiger charge is 2.07. The smallest absolute Gasteiger partial charge is 0.123 e. The van der Waals surface area contributed by atoms with E-state index in [9.17, 15) is 4.39 Å². The number of nitrogens with zero attached hydrogens (tertiary/aromatic N) is 1. The number of nitriles is 1. The maximum Gasteiger partial charge on any atom is 0.123 e. The molecule has 0 aliphatic rings. The molecule has 0 aromatic heterocycles. The first-order chi connectivity index (χ1) is 6.27. The standard InChI is InChI=1S/C10H11FN2/c1-2-13-10(7-12)8-3-5-9(11)6-4-8/h3-6,10,13H,2H2,1H3/t10-/m0/s1. The van der Waals surface area contributed by atoms with Crippen molar-refractivity contribution < 1.29 is 4.39 Å². The summed E-state index contributed by atoms with van der Waals surface area (Å²) in [4.78, 5) is 0. The van der Waals surface area contributed by atoms with Crippen molar-refractivity contribution in [1.82, 2.24) is 5.32 Å². The van der Waals surface area contributed by atoms with E-state index in [4.69, 9.17) is 5.26 Å². The zero-order valence-corrected chi connectivity index (χ0v) is 7.42. The average Bonchev–Trinajstić information content (AvgIpc) is 2.16. The molecule has 0 aliphatic carbocycles. The van der Waals surface area contributed by atoms with E-state index in [-0.39, 0.29) is 11.9 Å². The van der Waals surface area contributed by atoms with Crippen LogP contribution in [0.2, 0.25) is 0 Å². The summed E-state index contributed by atoms with van der Waals surface area (Å²) in [7, 11) is 0. The van der Waals surface area contributed by atoms with Crippen molar-refractivity contribution in [3.63, 3.8) is 0 Å². The average molecular weight is 178 g/mol. The number of benzene rings is 1. The fraction of sp³-hybridized carbons (Fsp3) is 0.300. The SMILES string of the molecule is CCN[C@@H](C#N)c1ccc(F)cc1. The lowest BCUT2D eigenvalue weighted by Gasteiger charge is -2.09. The third-order valence-electron chi connectivity index (χ3n) is 1.74. The van der Waals surface area contributed by atoms with E-state index < -0.39 is 0 Å². The van der Waals surface area contributed by atoms with E-state index in [1.807, 2.05) is 6.92 Å². The van der Waals surface area contributed by atoms with Gasteiger partial charge in [-0.1, -0.05) is 19.1 Å². The van der Waals surface area contributed by atoms with Gasteiger partial charge in [-0.3, -0.25) is 5.32 Å². The first-order valence-corrected chi connectivity index (χ1v) is 4.16. The number of hydrogen-bond acceptors (Lipinski definition) is 2. The highest BCUT2D eigenvalue weighted by Crippen LogP contribution is 2.12. The lowest BCUT2D eigenvalue weighted by Crippen LogP contribution is -2.18. The van der Waals surface area contributed by atoms with Gasteiger partial charge in [0.2, 0.25) is 0 Å². The molecule has 3 heteroatoms. The Morgan fingerprint density at radius 1 is 1.46 bits per heavy atom. The summed E-state index contributed by atoms with van der Waals surface area (Å²) in [5.41, 5.74) is 0.797. The lowest BCUT2D eigenvalue weighted by molar-refractivity contribution is 0.621. The number of rotatable bonds is 3. The van der Waals surface area contributed by atoms with Gasteiger partial charge in [0.1, 0.15) is 11.9 Å². The fourth-order valence-electron chi connectivity index (χ4n) is 1.10. The minimum Gasteiger partial charge on any atom is -0.298 e. The first-order valence-electron chi connectivity index (χ1n) is 4.16.